The largest absolute Gasteiger partial charge is 0.497 e. The Morgan fingerprint density at radius 3 is 1.76 bits per heavy atom. The van der Waals surface area contributed by atoms with Crippen molar-refractivity contribution >= 4 is 0 Å². The molecule has 0 aromatic heterocycles. The molecule has 0 fully saturated rings. The lowest BCUT2D eigenvalue weighted by molar-refractivity contribution is 0.00994. The van der Waals surface area contributed by atoms with Crippen LogP contribution in [-0.4, -0.2) is 20.8 Å². The fourth-order valence-corrected chi connectivity index (χ4v) is 4.30. The molecule has 0 aliphatic rings. The molecule has 0 saturated heterocycles. The lowest BCUT2D eigenvalue weighted by Gasteiger charge is -2.37. The topological polar surface area (TPSA) is 27.7 Å². The van der Waals surface area contributed by atoms with Crippen LogP contribution in [0.4, 0.5) is 0 Å². The van der Waals surface area contributed by atoms with Crippen molar-refractivity contribution in [3.63, 3.8) is 0 Å². The van der Waals surface area contributed by atoms with E-state index in [2.05, 4.69) is 48.5 Å². The van der Waals surface area contributed by atoms with Crippen molar-refractivity contribution in [2.75, 3.05) is 20.8 Å². The van der Waals surface area contributed by atoms with Gasteiger partial charge in [0.25, 0.3) is 0 Å². The molecule has 0 N–H and O–H groups in total. The van der Waals surface area contributed by atoms with Crippen LogP contribution in [0.3, 0.4) is 0 Å². The number of benzene rings is 4. The Hall–Kier alpha value is -3.56. The Kier molecular flexibility index (Phi) is 7.43. The summed E-state index contributed by atoms with van der Waals surface area (Å²) >= 11 is 0. The first-order valence-electron chi connectivity index (χ1n) is 11.3. The van der Waals surface area contributed by atoms with Crippen LogP contribution < -0.4 is 9.47 Å². The smallest absolute Gasteiger partial charge is 0.147 e. The Labute approximate surface area is 196 Å². The second kappa shape index (κ2) is 10.8. The van der Waals surface area contributed by atoms with Crippen LogP contribution >= 0.6 is 0 Å². The van der Waals surface area contributed by atoms with Gasteiger partial charge in [0, 0.05) is 12.2 Å². The highest BCUT2D eigenvalue weighted by atomic mass is 16.5. The van der Waals surface area contributed by atoms with E-state index >= 15 is 0 Å². The van der Waals surface area contributed by atoms with Gasteiger partial charge in [0.15, 0.2) is 0 Å². The number of aryl methyl sites for hydroxylation is 1. The summed E-state index contributed by atoms with van der Waals surface area (Å²) < 4.78 is 18.3. The van der Waals surface area contributed by atoms with Crippen molar-refractivity contribution in [3.8, 4) is 11.5 Å². The molecule has 33 heavy (non-hydrogen) atoms. The summed E-state index contributed by atoms with van der Waals surface area (Å²) in [5, 5.41) is 0. The average Bonchev–Trinajstić information content (AvgIpc) is 2.90. The maximum atomic E-state index is 6.92. The minimum absolute atomic E-state index is 0.582. The number of hydrogen-bond acceptors (Lipinski definition) is 3. The highest BCUT2D eigenvalue weighted by Crippen LogP contribution is 2.45. The van der Waals surface area contributed by atoms with Crippen molar-refractivity contribution in [1.82, 2.24) is 0 Å². The average molecular weight is 439 g/mol. The van der Waals surface area contributed by atoms with Crippen LogP contribution in [0.2, 0.25) is 0 Å². The molecular formula is C30H30O3. The molecule has 168 valence electrons. The zero-order chi connectivity index (χ0) is 22.9. The van der Waals surface area contributed by atoms with Gasteiger partial charge in [0.2, 0.25) is 0 Å². The summed E-state index contributed by atoms with van der Waals surface area (Å²) in [6.07, 6.45) is 1.85. The molecule has 0 bridgehead atoms. The first-order chi connectivity index (χ1) is 16.3. The van der Waals surface area contributed by atoms with E-state index in [4.69, 9.17) is 14.2 Å². The van der Waals surface area contributed by atoms with Gasteiger partial charge in [-0.2, -0.15) is 0 Å². The van der Waals surface area contributed by atoms with E-state index in [1.54, 1.807) is 14.2 Å². The van der Waals surface area contributed by atoms with Crippen LogP contribution in [-0.2, 0) is 16.8 Å². The van der Waals surface area contributed by atoms with Crippen molar-refractivity contribution < 1.29 is 14.2 Å². The number of hydrogen-bond donors (Lipinski definition) is 0. The minimum Gasteiger partial charge on any atom is -0.497 e. The summed E-state index contributed by atoms with van der Waals surface area (Å²) in [5.74, 6) is 1.52. The van der Waals surface area contributed by atoms with E-state index in [0.29, 0.717) is 6.61 Å². The lowest BCUT2D eigenvalue weighted by atomic mass is 9.79. The van der Waals surface area contributed by atoms with Gasteiger partial charge < -0.3 is 14.2 Å². The van der Waals surface area contributed by atoms with Gasteiger partial charge in [0.05, 0.1) is 14.2 Å². The van der Waals surface area contributed by atoms with E-state index in [0.717, 1.165) is 41.0 Å². The summed E-state index contributed by atoms with van der Waals surface area (Å²) in [6.45, 7) is 0.582. The Morgan fingerprint density at radius 2 is 1.21 bits per heavy atom. The van der Waals surface area contributed by atoms with Crippen molar-refractivity contribution in [2.24, 2.45) is 0 Å². The second-order valence-electron chi connectivity index (χ2n) is 7.92. The quantitative estimate of drug-likeness (QED) is 0.205. The molecule has 0 saturated carbocycles. The highest BCUT2D eigenvalue weighted by molar-refractivity contribution is 5.55. The first-order valence-corrected chi connectivity index (χ1v) is 11.3. The van der Waals surface area contributed by atoms with Crippen LogP contribution in [0.15, 0.2) is 109 Å². The normalized spacial score (nSPS) is 11.2. The van der Waals surface area contributed by atoms with E-state index in [1.165, 1.54) is 5.56 Å². The highest BCUT2D eigenvalue weighted by Gasteiger charge is 2.40. The van der Waals surface area contributed by atoms with Gasteiger partial charge in [-0.15, -0.1) is 0 Å². The first kappa shape index (κ1) is 22.6. The summed E-state index contributed by atoms with van der Waals surface area (Å²) in [6, 6.07) is 37.1. The molecule has 3 heteroatoms. The predicted octanol–water partition coefficient (Wildman–Crippen LogP) is 6.65. The molecule has 4 aromatic carbocycles. The molecule has 4 aromatic rings. The van der Waals surface area contributed by atoms with Gasteiger partial charge in [-0.3, -0.25) is 0 Å². The van der Waals surface area contributed by atoms with Crippen molar-refractivity contribution in [2.45, 2.75) is 18.4 Å². The van der Waals surface area contributed by atoms with E-state index in [-0.39, 0.29) is 0 Å². The van der Waals surface area contributed by atoms with Gasteiger partial charge in [-0.1, -0.05) is 91.0 Å². The summed E-state index contributed by atoms with van der Waals surface area (Å²) in [4.78, 5) is 0. The third kappa shape index (κ3) is 4.94. The fourth-order valence-electron chi connectivity index (χ4n) is 4.30. The van der Waals surface area contributed by atoms with Crippen LogP contribution in [0.1, 0.15) is 28.7 Å². The van der Waals surface area contributed by atoms with E-state index in [1.807, 2.05) is 60.7 Å². The SMILES string of the molecule is COc1ccc(OC)c(C(OCCCc2ccccc2)(c2ccccc2)c2ccccc2)c1. The molecule has 0 radical (unpaired) electrons. The molecule has 3 nitrogen and oxygen atoms in total. The fraction of sp³-hybridized carbons (Fsp3) is 0.200. The third-order valence-corrected chi connectivity index (χ3v) is 5.92. The van der Waals surface area contributed by atoms with Crippen LogP contribution in [0, 0.1) is 0 Å². The number of methoxy groups -OCH3 is 2. The van der Waals surface area contributed by atoms with E-state index in [9.17, 15) is 0 Å². The summed E-state index contributed by atoms with van der Waals surface area (Å²) in [5.41, 5.74) is 3.47. The molecule has 0 atom stereocenters. The standard InChI is InChI=1S/C30H30O3/c1-31-27-20-21-29(32-2)28(23-27)30(25-16-8-4-9-17-25,26-18-10-5-11-19-26)33-22-12-15-24-13-6-3-7-14-24/h3-11,13-14,16-21,23H,12,15,22H2,1-2H3. The zero-order valence-corrected chi connectivity index (χ0v) is 19.2. The molecular weight excluding hydrogens is 408 g/mol. The van der Waals surface area contributed by atoms with Crippen molar-refractivity contribution in [1.29, 1.82) is 0 Å². The molecule has 0 aliphatic heterocycles. The van der Waals surface area contributed by atoms with Crippen molar-refractivity contribution in [3.05, 3.63) is 131 Å². The van der Waals surface area contributed by atoms with Gasteiger partial charge in [0.1, 0.15) is 17.1 Å². The van der Waals surface area contributed by atoms with Crippen LogP contribution in [0.25, 0.3) is 0 Å². The van der Waals surface area contributed by atoms with Gasteiger partial charge in [-0.25, -0.2) is 0 Å². The molecule has 4 rings (SSSR count). The van der Waals surface area contributed by atoms with Gasteiger partial charge >= 0.3 is 0 Å². The Balaban J connectivity index is 1.81. The van der Waals surface area contributed by atoms with Crippen LogP contribution in [0.5, 0.6) is 11.5 Å². The number of ether oxygens (including phenoxy) is 3. The molecule has 0 unspecified atom stereocenters. The predicted molar refractivity (Wildman–Crippen MR) is 133 cm³/mol. The maximum absolute atomic E-state index is 6.92. The molecule has 0 spiro atoms. The van der Waals surface area contributed by atoms with E-state index < -0.39 is 5.60 Å². The zero-order valence-electron chi connectivity index (χ0n) is 19.2. The lowest BCUT2D eigenvalue weighted by Crippen LogP contribution is -2.34. The third-order valence-electron chi connectivity index (χ3n) is 5.92. The molecule has 0 heterocycles. The van der Waals surface area contributed by atoms with Gasteiger partial charge in [-0.05, 0) is 47.7 Å². The Bertz CT molecular complexity index is 1090. The molecule has 0 amide bonds. The Morgan fingerprint density at radius 1 is 0.636 bits per heavy atom. The summed E-state index contributed by atoms with van der Waals surface area (Å²) in [7, 11) is 3.38. The monoisotopic (exact) mass is 438 g/mol. The maximum Gasteiger partial charge on any atom is 0.147 e. The minimum atomic E-state index is -0.848. The molecule has 0 aliphatic carbocycles. The second-order valence-corrected chi connectivity index (χ2v) is 7.92. The number of rotatable bonds is 10.